The molecule has 10 nitrogen and oxygen atoms in total. The number of sulfonamides is 1. The Balaban J connectivity index is 2.33. The highest BCUT2D eigenvalue weighted by molar-refractivity contribution is 7.92. The molecule has 3 aromatic rings. The van der Waals surface area contributed by atoms with E-state index in [0.29, 0.717) is 28.7 Å². The summed E-state index contributed by atoms with van der Waals surface area (Å²) in [5.41, 5.74) is 0.962. The van der Waals surface area contributed by atoms with Gasteiger partial charge in [-0.15, -0.1) is 10.2 Å². The number of benzene rings is 1. The Morgan fingerprint density at radius 1 is 1.08 bits per heavy atom. The van der Waals surface area contributed by atoms with Crippen molar-refractivity contribution in [2.75, 3.05) is 25.2 Å². The summed E-state index contributed by atoms with van der Waals surface area (Å²) >= 11 is 0. The highest BCUT2D eigenvalue weighted by Crippen LogP contribution is 2.37. The second-order valence-corrected chi connectivity index (χ2v) is 7.19. The molecule has 2 aromatic heterocycles. The summed E-state index contributed by atoms with van der Waals surface area (Å²) in [5, 5.41) is 12.4. The summed E-state index contributed by atoms with van der Waals surface area (Å²) in [5.74, 6) is 1.24. The molecule has 0 radical (unpaired) electrons. The number of anilines is 1. The monoisotopic (exact) mass is 378 g/mol. The first kappa shape index (κ1) is 17.7. The number of nitrogens with zero attached hydrogens (tertiary/aromatic N) is 5. The van der Waals surface area contributed by atoms with Gasteiger partial charge < -0.3 is 9.47 Å². The molecule has 0 fully saturated rings. The SMILES string of the molecule is COc1cccc(OC)c1-n1c(NS(C)(=O)=O)nnc1-c1ccn(C)n1. The van der Waals surface area contributed by atoms with Gasteiger partial charge >= 0.3 is 0 Å². The normalized spacial score (nSPS) is 11.4. The number of nitrogens with one attached hydrogen (secondary N) is 1. The van der Waals surface area contributed by atoms with Crippen molar-refractivity contribution in [2.24, 2.45) is 7.05 Å². The van der Waals surface area contributed by atoms with E-state index in [0.717, 1.165) is 6.26 Å². The summed E-state index contributed by atoms with van der Waals surface area (Å²) in [6.07, 6.45) is 2.78. The van der Waals surface area contributed by atoms with E-state index in [1.165, 1.54) is 18.8 Å². The van der Waals surface area contributed by atoms with Gasteiger partial charge in [0.15, 0.2) is 5.82 Å². The molecule has 1 N–H and O–H groups in total. The summed E-state index contributed by atoms with van der Waals surface area (Å²) < 4.78 is 39.9. The van der Waals surface area contributed by atoms with Crippen molar-refractivity contribution < 1.29 is 17.9 Å². The maximum atomic E-state index is 11.8. The van der Waals surface area contributed by atoms with Crippen molar-refractivity contribution in [2.45, 2.75) is 0 Å². The zero-order chi connectivity index (χ0) is 18.9. The van der Waals surface area contributed by atoms with Crippen LogP contribution in [0.15, 0.2) is 30.5 Å². The lowest BCUT2D eigenvalue weighted by Crippen LogP contribution is -2.15. The zero-order valence-electron chi connectivity index (χ0n) is 14.7. The molecule has 0 spiro atoms. The van der Waals surface area contributed by atoms with E-state index in [-0.39, 0.29) is 5.95 Å². The van der Waals surface area contributed by atoms with Crippen LogP contribution < -0.4 is 14.2 Å². The van der Waals surface area contributed by atoms with E-state index in [1.54, 1.807) is 42.2 Å². The fraction of sp³-hybridized carbons (Fsp3) is 0.267. The topological polar surface area (TPSA) is 113 Å². The fourth-order valence-corrected chi connectivity index (χ4v) is 2.94. The van der Waals surface area contributed by atoms with E-state index < -0.39 is 10.0 Å². The average Bonchev–Trinajstić information content (AvgIpc) is 3.18. The van der Waals surface area contributed by atoms with E-state index in [2.05, 4.69) is 20.0 Å². The fourth-order valence-electron chi connectivity index (χ4n) is 2.48. The van der Waals surface area contributed by atoms with Crippen LogP contribution in [0.3, 0.4) is 0 Å². The van der Waals surface area contributed by atoms with Crippen LogP contribution in [-0.4, -0.2) is 53.4 Å². The lowest BCUT2D eigenvalue weighted by molar-refractivity contribution is 0.391. The number of hydrogen-bond acceptors (Lipinski definition) is 7. The Bertz CT molecular complexity index is 1020. The number of aromatic nitrogens is 5. The molecule has 0 atom stereocenters. The van der Waals surface area contributed by atoms with Gasteiger partial charge in [0.05, 0.1) is 20.5 Å². The van der Waals surface area contributed by atoms with Gasteiger partial charge in [-0.25, -0.2) is 8.42 Å². The molecule has 0 bridgehead atoms. The van der Waals surface area contributed by atoms with Crippen molar-refractivity contribution in [3.05, 3.63) is 30.5 Å². The van der Waals surface area contributed by atoms with E-state index in [4.69, 9.17) is 9.47 Å². The van der Waals surface area contributed by atoms with Gasteiger partial charge in [-0.2, -0.15) is 5.10 Å². The van der Waals surface area contributed by atoms with E-state index >= 15 is 0 Å². The largest absolute Gasteiger partial charge is 0.494 e. The molecular formula is C15H18N6O4S. The molecule has 0 saturated carbocycles. The molecule has 138 valence electrons. The first-order valence-corrected chi connectivity index (χ1v) is 9.37. The highest BCUT2D eigenvalue weighted by atomic mass is 32.2. The highest BCUT2D eigenvalue weighted by Gasteiger charge is 2.24. The molecule has 2 heterocycles. The number of hydrogen-bond donors (Lipinski definition) is 1. The lowest BCUT2D eigenvalue weighted by atomic mass is 10.2. The minimum Gasteiger partial charge on any atom is -0.494 e. The third kappa shape index (κ3) is 3.33. The number of ether oxygens (including phenoxy) is 2. The Hall–Kier alpha value is -3.08. The third-order valence-electron chi connectivity index (χ3n) is 3.51. The van der Waals surface area contributed by atoms with Crippen molar-refractivity contribution >= 4 is 16.0 Å². The van der Waals surface area contributed by atoms with E-state index in [9.17, 15) is 8.42 Å². The Morgan fingerprint density at radius 3 is 2.23 bits per heavy atom. The van der Waals surface area contributed by atoms with Gasteiger partial charge in [-0.1, -0.05) is 6.07 Å². The lowest BCUT2D eigenvalue weighted by Gasteiger charge is -2.16. The molecule has 0 unspecified atom stereocenters. The van der Waals surface area contributed by atoms with Gasteiger partial charge in [0, 0.05) is 13.2 Å². The van der Waals surface area contributed by atoms with Gasteiger partial charge in [0.2, 0.25) is 16.0 Å². The standard InChI is InChI=1S/C15H18N6O4S/c1-20-9-8-10(18-20)14-16-17-15(19-26(4,22)23)21(14)13-11(24-2)6-5-7-12(13)25-3/h5-9H,1-4H3,(H,17,19). The van der Waals surface area contributed by atoms with Crippen LogP contribution in [0.4, 0.5) is 5.95 Å². The predicted octanol–water partition coefficient (Wildman–Crippen LogP) is 1.06. The number of methoxy groups -OCH3 is 2. The van der Waals surface area contributed by atoms with Crippen LogP contribution in [0.2, 0.25) is 0 Å². The number of aryl methyl sites for hydroxylation is 1. The molecule has 11 heteroatoms. The van der Waals surface area contributed by atoms with Crippen LogP contribution in [0.5, 0.6) is 11.5 Å². The molecule has 0 aliphatic heterocycles. The van der Waals surface area contributed by atoms with Gasteiger partial charge in [-0.05, 0) is 18.2 Å². The number of para-hydroxylation sites is 1. The molecule has 26 heavy (non-hydrogen) atoms. The maximum Gasteiger partial charge on any atom is 0.243 e. The van der Waals surface area contributed by atoms with E-state index in [1.807, 2.05) is 0 Å². The van der Waals surface area contributed by atoms with Crippen LogP contribution in [0, 0.1) is 0 Å². The molecule has 0 aliphatic rings. The van der Waals surface area contributed by atoms with Gasteiger partial charge in [0.25, 0.3) is 0 Å². The van der Waals surface area contributed by atoms with Gasteiger partial charge in [-0.3, -0.25) is 14.0 Å². The van der Waals surface area contributed by atoms with Crippen molar-refractivity contribution in [3.63, 3.8) is 0 Å². The number of rotatable bonds is 6. The van der Waals surface area contributed by atoms with Crippen molar-refractivity contribution in [1.82, 2.24) is 24.5 Å². The summed E-state index contributed by atoms with van der Waals surface area (Å²) in [6, 6.07) is 6.96. The minimum atomic E-state index is -3.59. The van der Waals surface area contributed by atoms with Crippen LogP contribution >= 0.6 is 0 Å². The first-order chi connectivity index (χ1) is 12.3. The summed E-state index contributed by atoms with van der Waals surface area (Å²) in [6.45, 7) is 0. The molecule has 0 aliphatic carbocycles. The maximum absolute atomic E-state index is 11.8. The van der Waals surface area contributed by atoms with Gasteiger partial charge in [0.1, 0.15) is 22.9 Å². The predicted molar refractivity (Wildman–Crippen MR) is 95.1 cm³/mol. The van der Waals surface area contributed by atoms with Crippen molar-refractivity contribution in [3.8, 4) is 28.7 Å². The Kier molecular flexibility index (Phi) is 4.55. The first-order valence-electron chi connectivity index (χ1n) is 7.48. The van der Waals surface area contributed by atoms with Crippen molar-refractivity contribution in [1.29, 1.82) is 0 Å². The van der Waals surface area contributed by atoms with Crippen LogP contribution in [0.25, 0.3) is 17.2 Å². The Morgan fingerprint density at radius 2 is 1.73 bits per heavy atom. The van der Waals surface area contributed by atoms with Crippen LogP contribution in [-0.2, 0) is 17.1 Å². The summed E-state index contributed by atoms with van der Waals surface area (Å²) in [4.78, 5) is 0. The Labute approximate surface area is 150 Å². The second kappa shape index (κ2) is 6.67. The molecule has 0 amide bonds. The minimum absolute atomic E-state index is 0.00375. The third-order valence-corrected chi connectivity index (χ3v) is 4.06. The summed E-state index contributed by atoms with van der Waals surface area (Å²) in [7, 11) is 1.19. The molecule has 0 saturated heterocycles. The average molecular weight is 378 g/mol. The molecule has 1 aromatic carbocycles. The van der Waals surface area contributed by atoms with Crippen LogP contribution in [0.1, 0.15) is 0 Å². The second-order valence-electron chi connectivity index (χ2n) is 5.44. The zero-order valence-corrected chi connectivity index (χ0v) is 15.5. The molecular weight excluding hydrogens is 360 g/mol. The smallest absolute Gasteiger partial charge is 0.243 e. The molecule has 3 rings (SSSR count). The quantitative estimate of drug-likeness (QED) is 0.682.